The van der Waals surface area contributed by atoms with Gasteiger partial charge < -0.3 is 16.9 Å². The monoisotopic (exact) mass is 224 g/mol. The first-order chi connectivity index (χ1) is 5.79. The van der Waals surface area contributed by atoms with Gasteiger partial charge in [0.05, 0.1) is 0 Å². The van der Waals surface area contributed by atoms with Crippen LogP contribution in [0.25, 0.3) is 0 Å². The zero-order valence-corrected chi connectivity index (χ0v) is 7.90. The first-order valence-corrected chi connectivity index (χ1v) is 4.49. The van der Waals surface area contributed by atoms with E-state index in [4.69, 9.17) is 29.0 Å². The van der Waals surface area contributed by atoms with Gasteiger partial charge in [-0.05, 0) is 18.2 Å². The maximum absolute atomic E-state index is 8.74. The topological polar surface area (TPSA) is 158 Å². The highest BCUT2D eigenvalue weighted by Gasteiger charge is 1.84. The molecular formula is C6H12N2O5S. The van der Waals surface area contributed by atoms with Crippen LogP contribution in [0, 0.1) is 0 Å². The minimum Gasteiger partial charge on any atom is -0.412 e. The zero-order valence-electron chi connectivity index (χ0n) is 7.08. The fraction of sp³-hybridized carbons (Fsp3) is 0. The van der Waals surface area contributed by atoms with E-state index in [-0.39, 0.29) is 5.48 Å². The van der Waals surface area contributed by atoms with E-state index < -0.39 is 10.4 Å². The first kappa shape index (κ1) is 15.1. The molecule has 0 bridgehead atoms. The number of rotatable bonds is 0. The Morgan fingerprint density at radius 1 is 1.07 bits per heavy atom. The molecule has 1 rings (SSSR count). The average molecular weight is 224 g/mol. The molecule has 82 valence electrons. The molecule has 14 heavy (non-hydrogen) atoms. The summed E-state index contributed by atoms with van der Waals surface area (Å²) in [5.74, 6) is 0. The molecule has 7 nitrogen and oxygen atoms in total. The molecule has 0 atom stereocenters. The van der Waals surface area contributed by atoms with Crippen LogP contribution in [0.5, 0.6) is 0 Å². The second-order valence-corrected chi connectivity index (χ2v) is 3.01. The van der Waals surface area contributed by atoms with E-state index in [0.717, 1.165) is 0 Å². The van der Waals surface area contributed by atoms with E-state index >= 15 is 0 Å². The molecule has 0 radical (unpaired) electrons. The van der Waals surface area contributed by atoms with Crippen molar-refractivity contribution in [3.05, 3.63) is 24.3 Å². The zero-order chi connectivity index (χ0) is 10.5. The quantitative estimate of drug-likeness (QED) is 0.339. The summed E-state index contributed by atoms with van der Waals surface area (Å²) in [6, 6.07) is 7.15. The molecule has 0 saturated carbocycles. The van der Waals surface area contributed by atoms with Gasteiger partial charge in [0.2, 0.25) is 0 Å². The van der Waals surface area contributed by atoms with E-state index in [1.54, 1.807) is 18.2 Å². The molecule has 8 heteroatoms. The van der Waals surface area contributed by atoms with E-state index in [0.29, 0.717) is 11.4 Å². The molecule has 0 spiro atoms. The van der Waals surface area contributed by atoms with Gasteiger partial charge in [-0.3, -0.25) is 9.11 Å². The van der Waals surface area contributed by atoms with Gasteiger partial charge in [-0.15, -0.1) is 0 Å². The highest BCUT2D eigenvalue weighted by atomic mass is 32.3. The van der Waals surface area contributed by atoms with E-state index in [9.17, 15) is 0 Å². The van der Waals surface area contributed by atoms with E-state index in [1.165, 1.54) is 0 Å². The second kappa shape index (κ2) is 6.16. The molecule has 1 aromatic carbocycles. The Hall–Kier alpha value is -1.35. The van der Waals surface area contributed by atoms with Gasteiger partial charge in [-0.2, -0.15) is 8.42 Å². The minimum atomic E-state index is -4.67. The summed E-state index contributed by atoms with van der Waals surface area (Å²) in [7, 11) is -4.67. The molecule has 0 aliphatic carbocycles. The van der Waals surface area contributed by atoms with Gasteiger partial charge >= 0.3 is 10.4 Å². The highest BCUT2D eigenvalue weighted by Crippen LogP contribution is 2.06. The predicted octanol–water partition coefficient (Wildman–Crippen LogP) is -0.627. The molecule has 0 heterocycles. The van der Waals surface area contributed by atoms with Crippen LogP contribution in [0.15, 0.2) is 24.3 Å². The Balaban J connectivity index is 0. The lowest BCUT2D eigenvalue weighted by atomic mass is 10.3. The highest BCUT2D eigenvalue weighted by molar-refractivity contribution is 7.79. The largest absolute Gasteiger partial charge is 0.412 e. The fourth-order valence-corrected chi connectivity index (χ4v) is 0.559. The normalized spacial score (nSPS) is 9.29. The molecule has 0 saturated heterocycles. The standard InChI is InChI=1S/C6H8N2.H2O4S.H2O/c7-5-2-1-3-6(8)4-5;1-5(2,3)4;/h1-4H,7-8H2;(H2,1,2,3,4);1H2. The molecule has 0 unspecified atom stereocenters. The SMILES string of the molecule is Nc1cccc(N)c1.O.O=S(=O)(O)O. The van der Waals surface area contributed by atoms with Crippen molar-refractivity contribution < 1.29 is 23.0 Å². The van der Waals surface area contributed by atoms with Crippen LogP contribution < -0.4 is 11.5 Å². The van der Waals surface area contributed by atoms with Crippen LogP contribution in [0.3, 0.4) is 0 Å². The number of hydrogen-bond donors (Lipinski definition) is 4. The summed E-state index contributed by atoms with van der Waals surface area (Å²) in [5, 5.41) is 0. The van der Waals surface area contributed by atoms with Crippen LogP contribution in [-0.4, -0.2) is 23.0 Å². The molecular weight excluding hydrogens is 212 g/mol. The first-order valence-electron chi connectivity index (χ1n) is 3.10. The van der Waals surface area contributed by atoms with Crippen molar-refractivity contribution in [2.24, 2.45) is 0 Å². The van der Waals surface area contributed by atoms with Crippen LogP contribution in [-0.2, 0) is 10.4 Å². The Morgan fingerprint density at radius 2 is 1.36 bits per heavy atom. The molecule has 0 amide bonds. The van der Waals surface area contributed by atoms with Crippen molar-refractivity contribution in [2.75, 3.05) is 11.5 Å². The maximum atomic E-state index is 8.74. The second-order valence-electron chi connectivity index (χ2n) is 2.12. The van der Waals surface area contributed by atoms with Crippen molar-refractivity contribution in [3.63, 3.8) is 0 Å². The lowest BCUT2D eigenvalue weighted by molar-refractivity contribution is 0.381. The summed E-state index contributed by atoms with van der Waals surface area (Å²) in [5.41, 5.74) is 12.2. The van der Waals surface area contributed by atoms with Crippen LogP contribution in [0.4, 0.5) is 11.4 Å². The maximum Gasteiger partial charge on any atom is 0.394 e. The van der Waals surface area contributed by atoms with Crippen LogP contribution in [0.1, 0.15) is 0 Å². The molecule has 8 N–H and O–H groups in total. The Bertz CT molecular complexity index is 339. The molecule has 0 fully saturated rings. The predicted molar refractivity (Wildman–Crippen MR) is 53.1 cm³/mol. The van der Waals surface area contributed by atoms with Gasteiger partial charge in [0.25, 0.3) is 0 Å². The summed E-state index contributed by atoms with van der Waals surface area (Å²) < 4.78 is 31.6. The summed E-state index contributed by atoms with van der Waals surface area (Å²) in [6.07, 6.45) is 0. The third kappa shape index (κ3) is 13.3. The lowest BCUT2D eigenvalue weighted by Gasteiger charge is -1.91. The fourth-order valence-electron chi connectivity index (χ4n) is 0.559. The number of nitrogens with two attached hydrogens (primary N) is 2. The summed E-state index contributed by atoms with van der Waals surface area (Å²) in [6.45, 7) is 0. The van der Waals surface area contributed by atoms with Crippen molar-refractivity contribution >= 4 is 21.8 Å². The van der Waals surface area contributed by atoms with Gasteiger partial charge in [0.1, 0.15) is 0 Å². The van der Waals surface area contributed by atoms with Crippen LogP contribution in [0.2, 0.25) is 0 Å². The van der Waals surface area contributed by atoms with Gasteiger partial charge in [0, 0.05) is 11.4 Å². The van der Waals surface area contributed by atoms with Gasteiger partial charge in [-0.25, -0.2) is 0 Å². The van der Waals surface area contributed by atoms with Crippen molar-refractivity contribution in [1.29, 1.82) is 0 Å². The Morgan fingerprint density at radius 3 is 1.50 bits per heavy atom. The van der Waals surface area contributed by atoms with Crippen molar-refractivity contribution in [1.82, 2.24) is 0 Å². The number of anilines is 2. The lowest BCUT2D eigenvalue weighted by Crippen LogP contribution is -1.89. The van der Waals surface area contributed by atoms with Gasteiger partial charge in [0.15, 0.2) is 0 Å². The molecule has 1 aromatic rings. The summed E-state index contributed by atoms with van der Waals surface area (Å²) in [4.78, 5) is 0. The minimum absolute atomic E-state index is 0. The molecule has 0 aliphatic rings. The Labute approximate surface area is 81.2 Å². The Kier molecular flexibility index (Phi) is 6.66. The number of nitrogen functional groups attached to an aromatic ring is 2. The van der Waals surface area contributed by atoms with Crippen molar-refractivity contribution in [2.45, 2.75) is 0 Å². The summed E-state index contributed by atoms with van der Waals surface area (Å²) >= 11 is 0. The third-order valence-corrected chi connectivity index (χ3v) is 0.911. The third-order valence-electron chi connectivity index (χ3n) is 0.911. The van der Waals surface area contributed by atoms with Gasteiger partial charge in [-0.1, -0.05) is 6.07 Å². The van der Waals surface area contributed by atoms with Crippen molar-refractivity contribution in [3.8, 4) is 0 Å². The number of hydrogen-bond acceptors (Lipinski definition) is 4. The molecule has 0 aromatic heterocycles. The number of benzene rings is 1. The molecule has 0 aliphatic heterocycles. The van der Waals surface area contributed by atoms with E-state index in [1.807, 2.05) is 6.07 Å². The van der Waals surface area contributed by atoms with E-state index in [2.05, 4.69) is 0 Å². The van der Waals surface area contributed by atoms with Crippen LogP contribution >= 0.6 is 0 Å². The smallest absolute Gasteiger partial charge is 0.394 e. The average Bonchev–Trinajstić information content (AvgIpc) is 1.81.